The predicted molar refractivity (Wildman–Crippen MR) is 85.9 cm³/mol. The lowest BCUT2D eigenvalue weighted by atomic mass is 10.1. The van der Waals surface area contributed by atoms with Gasteiger partial charge in [0.05, 0.1) is 12.2 Å². The van der Waals surface area contributed by atoms with Crippen molar-refractivity contribution in [2.45, 2.75) is 31.8 Å². The zero-order valence-corrected chi connectivity index (χ0v) is 13.6. The Bertz CT molecular complexity index is 815. The number of hydrogen-bond acceptors (Lipinski definition) is 3. The number of halogens is 1. The van der Waals surface area contributed by atoms with Gasteiger partial charge in [0.2, 0.25) is 0 Å². The maximum Gasteiger partial charge on any atom is 0.316 e. The Balaban J connectivity index is 1.61. The van der Waals surface area contributed by atoms with Gasteiger partial charge in [0, 0.05) is 29.1 Å². The van der Waals surface area contributed by atoms with Crippen molar-refractivity contribution in [1.29, 1.82) is 0 Å². The third-order valence-corrected chi connectivity index (χ3v) is 5.29. The molecule has 6 heteroatoms. The first-order chi connectivity index (χ1) is 10.6. The van der Waals surface area contributed by atoms with E-state index in [2.05, 4.69) is 20.9 Å². The van der Waals surface area contributed by atoms with Crippen molar-refractivity contribution in [3.8, 4) is 0 Å². The topological polar surface area (TPSA) is 56.9 Å². The molecule has 0 aromatic carbocycles. The molecule has 0 spiro atoms. The summed E-state index contributed by atoms with van der Waals surface area (Å²) in [4.78, 5) is 28.9. The van der Waals surface area contributed by atoms with Crippen LogP contribution < -0.4 is 11.1 Å². The lowest BCUT2D eigenvalue weighted by Crippen LogP contribution is -2.42. The molecule has 2 aromatic rings. The van der Waals surface area contributed by atoms with Crippen LogP contribution in [0.25, 0.3) is 0 Å². The second kappa shape index (κ2) is 5.19. The largest absolute Gasteiger partial charge is 0.316 e. The monoisotopic (exact) mass is 361 g/mol. The van der Waals surface area contributed by atoms with Crippen molar-refractivity contribution >= 4 is 15.9 Å². The summed E-state index contributed by atoms with van der Waals surface area (Å²) in [5, 5.41) is 0. The van der Waals surface area contributed by atoms with Crippen LogP contribution in [0, 0.1) is 11.8 Å². The molecular formula is C16H16BrN3O2. The average molecular weight is 362 g/mol. The summed E-state index contributed by atoms with van der Waals surface area (Å²) in [6, 6.07) is 3.93. The normalized spacial score (nSPS) is 26.0. The Morgan fingerprint density at radius 3 is 2.55 bits per heavy atom. The van der Waals surface area contributed by atoms with Crippen molar-refractivity contribution in [3.05, 3.63) is 61.6 Å². The summed E-state index contributed by atoms with van der Waals surface area (Å²) in [5.74, 6) is 1.57. The van der Waals surface area contributed by atoms with Crippen LogP contribution in [-0.2, 0) is 6.54 Å². The van der Waals surface area contributed by atoms with Crippen LogP contribution in [-0.4, -0.2) is 14.1 Å². The minimum atomic E-state index is -0.465. The molecule has 0 N–H and O–H groups in total. The van der Waals surface area contributed by atoms with Crippen LogP contribution in [0.3, 0.4) is 0 Å². The van der Waals surface area contributed by atoms with Crippen LogP contribution in [0.5, 0.6) is 0 Å². The van der Waals surface area contributed by atoms with Crippen LogP contribution in [0.2, 0.25) is 0 Å². The van der Waals surface area contributed by atoms with Crippen LogP contribution in [0.4, 0.5) is 0 Å². The fourth-order valence-corrected chi connectivity index (χ4v) is 3.75. The van der Waals surface area contributed by atoms with E-state index in [0.717, 1.165) is 34.8 Å². The minimum absolute atomic E-state index is 0.212. The number of hydrogen-bond donors (Lipinski definition) is 0. The molecule has 114 valence electrons. The average Bonchev–Trinajstić information content (AvgIpc) is 3.12. The third kappa shape index (κ3) is 2.45. The molecule has 3 atom stereocenters. The smallest absolute Gasteiger partial charge is 0.306 e. The first kappa shape index (κ1) is 13.9. The Morgan fingerprint density at radius 1 is 1.09 bits per heavy atom. The van der Waals surface area contributed by atoms with E-state index in [4.69, 9.17) is 0 Å². The van der Waals surface area contributed by atoms with E-state index < -0.39 is 11.1 Å². The van der Waals surface area contributed by atoms with E-state index in [1.54, 1.807) is 23.2 Å². The quantitative estimate of drug-likeness (QED) is 0.787. The fourth-order valence-electron chi connectivity index (χ4n) is 3.52. The number of pyridine rings is 1. The van der Waals surface area contributed by atoms with Crippen molar-refractivity contribution < 1.29 is 0 Å². The van der Waals surface area contributed by atoms with Crippen molar-refractivity contribution in [1.82, 2.24) is 14.1 Å². The number of nitrogens with zero attached hydrogens (tertiary/aromatic N) is 3. The summed E-state index contributed by atoms with van der Waals surface area (Å²) in [6.07, 6.45) is 8.55. The highest BCUT2D eigenvalue weighted by Crippen LogP contribution is 2.55. The van der Waals surface area contributed by atoms with Gasteiger partial charge < -0.3 is 9.13 Å². The molecule has 5 nitrogen and oxygen atoms in total. The Labute approximate surface area is 135 Å². The van der Waals surface area contributed by atoms with E-state index in [0.29, 0.717) is 6.54 Å². The number of fused-ring (bicyclic) bond motifs is 1. The van der Waals surface area contributed by atoms with E-state index >= 15 is 0 Å². The first-order valence-corrected chi connectivity index (χ1v) is 8.33. The fraction of sp³-hybridized carbons (Fsp3) is 0.438. The SMILES string of the molecule is O=c1c(=O)n(C2C[C@@H]3C[C@@H]3C2)ccn1Cc1ccc(Br)cn1. The molecular weight excluding hydrogens is 346 g/mol. The molecule has 2 aromatic heterocycles. The minimum Gasteiger partial charge on any atom is -0.306 e. The first-order valence-electron chi connectivity index (χ1n) is 7.54. The molecule has 4 rings (SSSR count). The lowest BCUT2D eigenvalue weighted by molar-refractivity contribution is 0.445. The van der Waals surface area contributed by atoms with E-state index in [-0.39, 0.29) is 6.04 Å². The highest BCUT2D eigenvalue weighted by Gasteiger charge is 2.46. The number of aromatic nitrogens is 3. The second-order valence-corrected chi connectivity index (χ2v) is 7.21. The van der Waals surface area contributed by atoms with Crippen molar-refractivity contribution in [2.75, 3.05) is 0 Å². The van der Waals surface area contributed by atoms with Gasteiger partial charge in [-0.15, -0.1) is 0 Å². The maximum atomic E-state index is 12.3. The molecule has 1 unspecified atom stereocenters. The van der Waals surface area contributed by atoms with Gasteiger partial charge in [0.25, 0.3) is 0 Å². The molecule has 0 bridgehead atoms. The third-order valence-electron chi connectivity index (χ3n) is 4.82. The summed E-state index contributed by atoms with van der Waals surface area (Å²) in [6.45, 7) is 0.318. The predicted octanol–water partition coefficient (Wildman–Crippen LogP) is 2.19. The van der Waals surface area contributed by atoms with Gasteiger partial charge in [-0.25, -0.2) is 0 Å². The molecule has 2 saturated carbocycles. The second-order valence-electron chi connectivity index (χ2n) is 6.29. The van der Waals surface area contributed by atoms with E-state index in [1.165, 1.54) is 11.0 Å². The number of rotatable bonds is 3. The molecule has 2 aliphatic carbocycles. The molecule has 0 aliphatic heterocycles. The van der Waals surface area contributed by atoms with Gasteiger partial charge in [0.1, 0.15) is 0 Å². The van der Waals surface area contributed by atoms with Crippen LogP contribution >= 0.6 is 15.9 Å². The Morgan fingerprint density at radius 2 is 1.86 bits per heavy atom. The molecule has 0 radical (unpaired) electrons. The lowest BCUT2D eigenvalue weighted by Gasteiger charge is -2.16. The molecule has 0 amide bonds. The van der Waals surface area contributed by atoms with Crippen molar-refractivity contribution in [3.63, 3.8) is 0 Å². The van der Waals surface area contributed by atoms with Gasteiger partial charge >= 0.3 is 11.1 Å². The Kier molecular flexibility index (Phi) is 3.29. The van der Waals surface area contributed by atoms with E-state index in [9.17, 15) is 9.59 Å². The highest BCUT2D eigenvalue weighted by atomic mass is 79.9. The molecule has 2 heterocycles. The summed E-state index contributed by atoms with van der Waals surface area (Å²) < 4.78 is 3.96. The summed E-state index contributed by atoms with van der Waals surface area (Å²) in [5.41, 5.74) is -0.122. The molecule has 2 aliphatic rings. The maximum absolute atomic E-state index is 12.3. The van der Waals surface area contributed by atoms with Crippen molar-refractivity contribution in [2.24, 2.45) is 11.8 Å². The molecule has 0 saturated heterocycles. The zero-order chi connectivity index (χ0) is 15.3. The Hall–Kier alpha value is -1.69. The van der Waals surface area contributed by atoms with Gasteiger partial charge in [-0.05, 0) is 59.2 Å². The molecule has 2 fully saturated rings. The van der Waals surface area contributed by atoms with Gasteiger partial charge in [0.15, 0.2) is 0 Å². The van der Waals surface area contributed by atoms with E-state index in [1.807, 2.05) is 12.1 Å². The summed E-state index contributed by atoms with van der Waals surface area (Å²) >= 11 is 3.33. The standard InChI is InChI=1S/C16H16BrN3O2/c17-12-1-2-13(18-8-12)9-19-3-4-20(16(22)15(19)21)14-6-10-5-11(10)7-14/h1-4,8,10-11,14H,5-7,9H2/t10-,11+,14?. The zero-order valence-electron chi connectivity index (χ0n) is 12.0. The summed E-state index contributed by atoms with van der Waals surface area (Å²) in [7, 11) is 0. The van der Waals surface area contributed by atoms with Crippen LogP contribution in [0.15, 0.2) is 44.8 Å². The van der Waals surface area contributed by atoms with Crippen LogP contribution in [0.1, 0.15) is 31.0 Å². The van der Waals surface area contributed by atoms with Gasteiger partial charge in [-0.2, -0.15) is 0 Å². The van der Waals surface area contributed by atoms with Gasteiger partial charge in [-0.1, -0.05) is 0 Å². The molecule has 22 heavy (non-hydrogen) atoms. The highest BCUT2D eigenvalue weighted by molar-refractivity contribution is 9.10. The van der Waals surface area contributed by atoms with Gasteiger partial charge in [-0.3, -0.25) is 14.6 Å².